The van der Waals surface area contributed by atoms with Gasteiger partial charge in [-0.25, -0.2) is 4.79 Å². The number of carbonyl (C=O) groups excluding carboxylic acids is 2. The number of likely N-dealkylation sites (N-methyl/N-ethyl adjacent to an activating group) is 1. The second kappa shape index (κ2) is 13.0. The van der Waals surface area contributed by atoms with E-state index in [4.69, 9.17) is 9.26 Å². The van der Waals surface area contributed by atoms with Crippen LogP contribution in [0.1, 0.15) is 36.4 Å². The van der Waals surface area contributed by atoms with E-state index < -0.39 is 6.03 Å². The Morgan fingerprint density at radius 3 is 2.62 bits per heavy atom. The van der Waals surface area contributed by atoms with Crippen molar-refractivity contribution in [2.24, 2.45) is 5.92 Å². The van der Waals surface area contributed by atoms with Crippen LogP contribution < -0.4 is 15.4 Å². The number of hydrogen-bond acceptors (Lipinski definition) is 7. The Labute approximate surface area is 235 Å². The molecular weight excluding hydrogens is 510 g/mol. The molecule has 2 aromatic carbocycles. The Bertz CT molecular complexity index is 1290. The van der Waals surface area contributed by atoms with Crippen LogP contribution in [0.15, 0.2) is 53.1 Å². The molecule has 214 valence electrons. The average molecular weight is 550 g/mol. The van der Waals surface area contributed by atoms with Crippen molar-refractivity contribution in [2.45, 2.75) is 52.8 Å². The minimum atomic E-state index is -0.450. The van der Waals surface area contributed by atoms with Gasteiger partial charge in [-0.3, -0.25) is 9.69 Å². The summed E-state index contributed by atoms with van der Waals surface area (Å²) in [4.78, 5) is 30.1. The number of fused-ring (bicyclic) bond motifs is 1. The number of hydrogen-bond donors (Lipinski definition) is 3. The fourth-order valence-electron chi connectivity index (χ4n) is 4.93. The van der Waals surface area contributed by atoms with Crippen molar-refractivity contribution in [3.05, 3.63) is 71.1 Å². The number of urea groups is 1. The van der Waals surface area contributed by atoms with Gasteiger partial charge >= 0.3 is 6.03 Å². The van der Waals surface area contributed by atoms with Gasteiger partial charge in [-0.05, 0) is 51.6 Å². The number of aryl methyl sites for hydroxylation is 2. The van der Waals surface area contributed by atoms with Gasteiger partial charge in [-0.15, -0.1) is 0 Å². The number of nitrogens with one attached hydrogen (secondary N) is 2. The molecule has 3 N–H and O–H groups in total. The van der Waals surface area contributed by atoms with Crippen molar-refractivity contribution in [3.8, 4) is 5.75 Å². The summed E-state index contributed by atoms with van der Waals surface area (Å²) in [5.41, 5.74) is 3.49. The summed E-state index contributed by atoms with van der Waals surface area (Å²) in [5, 5.41) is 19.3. The third-order valence-electron chi connectivity index (χ3n) is 7.23. The number of ether oxygens (including phenoxy) is 1. The SMILES string of the molecule is Cc1noc(C)c1NC(=O)Nc1ccc2c(c1)CC(=O)N([C@@H](C)CO)C[C@H](C)[C@@H](CN(C)Cc1ccccc1)O2. The normalized spacial score (nSPS) is 18.3. The molecule has 10 nitrogen and oxygen atoms in total. The Morgan fingerprint density at radius 2 is 1.95 bits per heavy atom. The first-order valence-electron chi connectivity index (χ1n) is 13.6. The second-order valence-electron chi connectivity index (χ2n) is 10.7. The highest BCUT2D eigenvalue weighted by Crippen LogP contribution is 2.29. The van der Waals surface area contributed by atoms with E-state index in [2.05, 4.69) is 46.8 Å². The van der Waals surface area contributed by atoms with E-state index >= 15 is 0 Å². The maximum absolute atomic E-state index is 13.5. The third kappa shape index (κ3) is 7.19. The predicted molar refractivity (Wildman–Crippen MR) is 153 cm³/mol. The van der Waals surface area contributed by atoms with Crippen molar-refractivity contribution in [3.63, 3.8) is 0 Å². The summed E-state index contributed by atoms with van der Waals surface area (Å²) in [6.45, 7) is 9.13. The first-order valence-corrected chi connectivity index (χ1v) is 13.6. The Hall–Kier alpha value is -3.89. The predicted octanol–water partition coefficient (Wildman–Crippen LogP) is 4.22. The Kier molecular flexibility index (Phi) is 9.44. The summed E-state index contributed by atoms with van der Waals surface area (Å²) in [7, 11) is 2.06. The number of aromatic nitrogens is 1. The first-order chi connectivity index (χ1) is 19.1. The standard InChI is InChI=1S/C30H39N5O5/c1-19-15-35(20(2)18-36)28(37)14-24-13-25(31-30(38)32-29-21(3)33-40-22(29)4)11-12-26(24)39-27(19)17-34(5)16-23-9-7-6-8-10-23/h6-13,19-20,27,36H,14-18H2,1-5H3,(H2,31,32,38)/t19-,20-,27+/m0/s1. The van der Waals surface area contributed by atoms with E-state index in [1.165, 1.54) is 5.56 Å². The Morgan fingerprint density at radius 1 is 1.20 bits per heavy atom. The fourth-order valence-corrected chi connectivity index (χ4v) is 4.93. The number of benzene rings is 2. The van der Waals surface area contributed by atoms with Crippen LogP contribution in [0.4, 0.5) is 16.2 Å². The van der Waals surface area contributed by atoms with Crippen LogP contribution in [0.5, 0.6) is 5.75 Å². The third-order valence-corrected chi connectivity index (χ3v) is 7.23. The molecule has 10 heteroatoms. The summed E-state index contributed by atoms with van der Waals surface area (Å²) in [6, 6.07) is 14.8. The summed E-state index contributed by atoms with van der Waals surface area (Å²) >= 11 is 0. The molecule has 0 radical (unpaired) electrons. The summed E-state index contributed by atoms with van der Waals surface area (Å²) < 4.78 is 11.7. The van der Waals surface area contributed by atoms with E-state index in [-0.39, 0.29) is 37.0 Å². The second-order valence-corrected chi connectivity index (χ2v) is 10.7. The fraction of sp³-hybridized carbons (Fsp3) is 0.433. The Balaban J connectivity index is 1.57. The molecule has 2 heterocycles. The lowest BCUT2D eigenvalue weighted by Crippen LogP contribution is -2.47. The van der Waals surface area contributed by atoms with E-state index in [1.54, 1.807) is 36.9 Å². The number of aliphatic hydroxyl groups excluding tert-OH is 1. The van der Waals surface area contributed by atoms with Gasteiger partial charge in [0.1, 0.15) is 23.2 Å². The van der Waals surface area contributed by atoms with Gasteiger partial charge in [0.15, 0.2) is 5.76 Å². The number of rotatable bonds is 8. The van der Waals surface area contributed by atoms with Gasteiger partial charge in [-0.1, -0.05) is 42.4 Å². The zero-order valence-corrected chi connectivity index (χ0v) is 23.8. The molecule has 0 fully saturated rings. The van der Waals surface area contributed by atoms with Gasteiger partial charge in [0.25, 0.3) is 0 Å². The lowest BCUT2D eigenvalue weighted by atomic mass is 10.0. The number of amides is 3. The number of aliphatic hydroxyl groups is 1. The maximum Gasteiger partial charge on any atom is 0.323 e. The molecule has 3 atom stereocenters. The molecule has 1 aliphatic rings. The quantitative estimate of drug-likeness (QED) is 0.385. The van der Waals surface area contributed by atoms with Gasteiger partial charge in [0.05, 0.1) is 19.1 Å². The van der Waals surface area contributed by atoms with Gasteiger partial charge in [-0.2, -0.15) is 0 Å². The summed E-state index contributed by atoms with van der Waals surface area (Å²) in [6.07, 6.45) is -0.131. The van der Waals surface area contributed by atoms with Crippen LogP contribution in [0.25, 0.3) is 0 Å². The molecule has 0 spiro atoms. The van der Waals surface area contributed by atoms with Gasteiger partial charge in [0.2, 0.25) is 5.91 Å². The lowest BCUT2D eigenvalue weighted by molar-refractivity contribution is -0.134. The number of nitrogens with zero attached hydrogens (tertiary/aromatic N) is 3. The molecule has 3 amide bonds. The van der Waals surface area contributed by atoms with Crippen LogP contribution in [0, 0.1) is 19.8 Å². The lowest BCUT2D eigenvalue weighted by Gasteiger charge is -2.34. The van der Waals surface area contributed by atoms with Crippen LogP contribution in [0.3, 0.4) is 0 Å². The van der Waals surface area contributed by atoms with Crippen molar-refractivity contribution in [2.75, 3.05) is 37.4 Å². The van der Waals surface area contributed by atoms with Crippen molar-refractivity contribution < 1.29 is 24.0 Å². The molecule has 1 aliphatic heterocycles. The van der Waals surface area contributed by atoms with E-state index in [0.29, 0.717) is 47.2 Å². The summed E-state index contributed by atoms with van der Waals surface area (Å²) in [5.74, 6) is 1.01. The van der Waals surface area contributed by atoms with E-state index in [1.807, 2.05) is 25.1 Å². The minimum Gasteiger partial charge on any atom is -0.488 e. The minimum absolute atomic E-state index is 0.000696. The monoisotopic (exact) mass is 549 g/mol. The zero-order chi connectivity index (χ0) is 28.8. The van der Waals surface area contributed by atoms with Gasteiger partial charge < -0.3 is 29.9 Å². The molecule has 0 bridgehead atoms. The highest BCUT2D eigenvalue weighted by Gasteiger charge is 2.31. The molecule has 3 aromatic rings. The smallest absolute Gasteiger partial charge is 0.323 e. The average Bonchev–Trinajstić information content (AvgIpc) is 3.25. The van der Waals surface area contributed by atoms with Crippen LogP contribution in [-0.4, -0.2) is 70.9 Å². The molecular formula is C30H39N5O5. The topological polar surface area (TPSA) is 120 Å². The van der Waals surface area contributed by atoms with Crippen LogP contribution in [-0.2, 0) is 17.8 Å². The number of carbonyl (C=O) groups is 2. The van der Waals surface area contributed by atoms with Gasteiger partial charge in [0, 0.05) is 36.8 Å². The van der Waals surface area contributed by atoms with Crippen LogP contribution >= 0.6 is 0 Å². The van der Waals surface area contributed by atoms with E-state index in [9.17, 15) is 14.7 Å². The molecule has 0 saturated heterocycles. The molecule has 0 unspecified atom stereocenters. The molecule has 0 aliphatic carbocycles. The van der Waals surface area contributed by atoms with Crippen molar-refractivity contribution in [1.29, 1.82) is 0 Å². The molecule has 1 aromatic heterocycles. The number of anilines is 2. The molecule has 4 rings (SSSR count). The van der Waals surface area contributed by atoms with Crippen molar-refractivity contribution >= 4 is 23.3 Å². The first kappa shape index (κ1) is 29.1. The largest absolute Gasteiger partial charge is 0.488 e. The maximum atomic E-state index is 13.5. The molecule has 40 heavy (non-hydrogen) atoms. The van der Waals surface area contributed by atoms with Crippen LogP contribution in [0.2, 0.25) is 0 Å². The van der Waals surface area contributed by atoms with Crippen molar-refractivity contribution in [1.82, 2.24) is 15.0 Å². The highest BCUT2D eigenvalue weighted by atomic mass is 16.5. The zero-order valence-electron chi connectivity index (χ0n) is 23.8. The van der Waals surface area contributed by atoms with E-state index in [0.717, 1.165) is 6.54 Å². The molecule has 0 saturated carbocycles. The highest BCUT2D eigenvalue weighted by molar-refractivity contribution is 6.00.